The van der Waals surface area contributed by atoms with Crippen molar-refractivity contribution < 1.29 is 22.7 Å². The average Bonchev–Trinajstić information content (AvgIpc) is 2.63. The van der Waals surface area contributed by atoms with Gasteiger partial charge in [0, 0.05) is 5.69 Å². The van der Waals surface area contributed by atoms with Crippen LogP contribution in [0.15, 0.2) is 42.5 Å². The summed E-state index contributed by atoms with van der Waals surface area (Å²) in [5.74, 6) is -1.16. The Morgan fingerprint density at radius 2 is 1.79 bits per heavy atom. The number of hydrogen-bond donors (Lipinski definition) is 1. The zero-order valence-electron chi connectivity index (χ0n) is 15.3. The number of sulfonamides is 1. The van der Waals surface area contributed by atoms with E-state index in [1.54, 1.807) is 12.1 Å². The number of hydrogen-bond acceptors (Lipinski definition) is 5. The summed E-state index contributed by atoms with van der Waals surface area (Å²) in [6.45, 7) is 1.43. The minimum atomic E-state index is -3.81. The van der Waals surface area contributed by atoms with Gasteiger partial charge in [-0.15, -0.1) is 0 Å². The molecule has 2 rings (SSSR count). The van der Waals surface area contributed by atoms with Crippen molar-refractivity contribution in [2.45, 2.75) is 13.0 Å². The Morgan fingerprint density at radius 3 is 2.36 bits per heavy atom. The van der Waals surface area contributed by atoms with Crippen LogP contribution in [-0.4, -0.2) is 39.7 Å². The van der Waals surface area contributed by atoms with Crippen LogP contribution in [0.4, 0.5) is 11.4 Å². The first-order chi connectivity index (χ1) is 13.0. The Kier molecular flexibility index (Phi) is 6.92. The van der Waals surface area contributed by atoms with E-state index < -0.39 is 27.9 Å². The van der Waals surface area contributed by atoms with E-state index in [0.717, 1.165) is 10.6 Å². The highest BCUT2D eigenvalue weighted by Crippen LogP contribution is 2.30. The highest BCUT2D eigenvalue weighted by atomic mass is 35.5. The first-order valence-corrected chi connectivity index (χ1v) is 10.6. The average molecular weight is 445 g/mol. The van der Waals surface area contributed by atoms with Crippen molar-refractivity contribution in [1.82, 2.24) is 0 Å². The van der Waals surface area contributed by atoms with Crippen LogP contribution in [0.1, 0.15) is 17.3 Å². The Bertz CT molecular complexity index is 1010. The lowest BCUT2D eigenvalue weighted by Crippen LogP contribution is -2.45. The minimum absolute atomic E-state index is 0.159. The van der Waals surface area contributed by atoms with Gasteiger partial charge in [-0.05, 0) is 43.3 Å². The fraction of sp³-hybridized carbons (Fsp3) is 0.222. The van der Waals surface area contributed by atoms with Crippen LogP contribution >= 0.6 is 23.2 Å². The molecule has 10 heteroatoms. The molecule has 150 valence electrons. The van der Waals surface area contributed by atoms with Crippen molar-refractivity contribution in [2.75, 3.05) is 23.0 Å². The van der Waals surface area contributed by atoms with E-state index in [9.17, 15) is 18.0 Å². The molecule has 0 fully saturated rings. The Hall–Kier alpha value is -2.29. The highest BCUT2D eigenvalue weighted by molar-refractivity contribution is 7.92. The summed E-state index contributed by atoms with van der Waals surface area (Å²) >= 11 is 11.9. The molecule has 1 amide bonds. The van der Waals surface area contributed by atoms with Crippen molar-refractivity contribution in [3.8, 4) is 0 Å². The molecule has 2 aromatic carbocycles. The predicted molar refractivity (Wildman–Crippen MR) is 110 cm³/mol. The second kappa shape index (κ2) is 8.81. The third-order valence-electron chi connectivity index (χ3n) is 3.80. The summed E-state index contributed by atoms with van der Waals surface area (Å²) < 4.78 is 30.2. The number of rotatable bonds is 6. The van der Waals surface area contributed by atoms with Gasteiger partial charge in [0.15, 0.2) is 0 Å². The molecule has 28 heavy (non-hydrogen) atoms. The molecule has 0 saturated heterocycles. The van der Waals surface area contributed by atoms with Crippen molar-refractivity contribution in [3.63, 3.8) is 0 Å². The topological polar surface area (TPSA) is 92.8 Å². The third-order valence-corrected chi connectivity index (χ3v) is 5.78. The normalized spacial score (nSPS) is 12.2. The number of anilines is 2. The van der Waals surface area contributed by atoms with Crippen LogP contribution in [0, 0.1) is 0 Å². The fourth-order valence-electron chi connectivity index (χ4n) is 2.52. The van der Waals surface area contributed by atoms with Gasteiger partial charge in [-0.1, -0.05) is 29.3 Å². The van der Waals surface area contributed by atoms with E-state index in [0.29, 0.717) is 5.69 Å². The van der Waals surface area contributed by atoms with Gasteiger partial charge in [0.2, 0.25) is 15.9 Å². The Labute approximate surface area is 173 Å². The number of esters is 1. The summed E-state index contributed by atoms with van der Waals surface area (Å²) in [7, 11) is -2.57. The van der Waals surface area contributed by atoms with E-state index in [1.807, 2.05) is 0 Å². The molecule has 1 N–H and O–H groups in total. The minimum Gasteiger partial charge on any atom is -0.465 e. The van der Waals surface area contributed by atoms with E-state index in [-0.39, 0.29) is 21.3 Å². The van der Waals surface area contributed by atoms with E-state index in [4.69, 9.17) is 23.2 Å². The van der Waals surface area contributed by atoms with Crippen molar-refractivity contribution in [3.05, 3.63) is 58.1 Å². The number of carbonyl (C=O) groups is 2. The molecule has 0 unspecified atom stereocenters. The Balaban J connectivity index is 2.32. The van der Waals surface area contributed by atoms with Gasteiger partial charge in [0.05, 0.1) is 34.7 Å². The number of amides is 1. The fourth-order valence-corrected chi connectivity index (χ4v) is 3.98. The third kappa shape index (κ3) is 5.15. The molecule has 0 aliphatic rings. The lowest BCUT2D eigenvalue weighted by Gasteiger charge is -2.28. The summed E-state index contributed by atoms with van der Waals surface area (Å²) in [6, 6.07) is 9.27. The first kappa shape index (κ1) is 22.0. The molecule has 0 aliphatic heterocycles. The number of methoxy groups -OCH3 is 1. The van der Waals surface area contributed by atoms with Crippen molar-refractivity contribution in [1.29, 1.82) is 0 Å². The molecule has 0 saturated carbocycles. The van der Waals surface area contributed by atoms with E-state index in [1.165, 1.54) is 44.4 Å². The summed E-state index contributed by atoms with van der Waals surface area (Å²) in [6.07, 6.45) is 0.983. The lowest BCUT2D eigenvalue weighted by atomic mass is 10.2. The van der Waals surface area contributed by atoms with Crippen molar-refractivity contribution in [2.24, 2.45) is 0 Å². The van der Waals surface area contributed by atoms with E-state index >= 15 is 0 Å². The van der Waals surface area contributed by atoms with Gasteiger partial charge >= 0.3 is 5.97 Å². The molecule has 7 nitrogen and oxygen atoms in total. The smallest absolute Gasteiger partial charge is 0.337 e. The molecule has 1 atom stereocenters. The standard InChI is InChI=1S/C18H18Cl2N2O5S/c1-11(17(23)21-13-6-4-5-12(9-13)18(24)27-2)22(28(3,25)26)14-7-8-15(19)16(20)10-14/h4-11H,1-3H3,(H,21,23)/t11-/m1/s1. The van der Waals surface area contributed by atoms with Crippen LogP contribution in [0.5, 0.6) is 0 Å². The number of nitrogens with one attached hydrogen (secondary N) is 1. The molecule has 0 radical (unpaired) electrons. The number of nitrogens with zero attached hydrogens (tertiary/aromatic N) is 1. The molecule has 2 aromatic rings. The van der Waals surface area contributed by atoms with Crippen LogP contribution in [0.3, 0.4) is 0 Å². The van der Waals surface area contributed by atoms with Crippen LogP contribution in [0.25, 0.3) is 0 Å². The monoisotopic (exact) mass is 444 g/mol. The van der Waals surface area contributed by atoms with Gasteiger partial charge in [-0.3, -0.25) is 9.10 Å². The van der Waals surface area contributed by atoms with Gasteiger partial charge in [-0.25, -0.2) is 13.2 Å². The molecule has 0 heterocycles. The quantitative estimate of drug-likeness (QED) is 0.687. The number of ether oxygens (including phenoxy) is 1. The largest absolute Gasteiger partial charge is 0.465 e. The van der Waals surface area contributed by atoms with Crippen LogP contribution in [-0.2, 0) is 19.6 Å². The molecule has 0 aromatic heterocycles. The maximum atomic E-state index is 12.7. The van der Waals surface area contributed by atoms with Crippen LogP contribution in [0.2, 0.25) is 10.0 Å². The van der Waals surface area contributed by atoms with Gasteiger partial charge in [0.25, 0.3) is 0 Å². The number of carbonyl (C=O) groups excluding carboxylic acids is 2. The van der Waals surface area contributed by atoms with Crippen LogP contribution < -0.4 is 9.62 Å². The van der Waals surface area contributed by atoms with E-state index in [2.05, 4.69) is 10.1 Å². The predicted octanol–water partition coefficient (Wildman–Crippen LogP) is 3.57. The number of benzene rings is 2. The van der Waals surface area contributed by atoms with Gasteiger partial charge in [-0.2, -0.15) is 0 Å². The number of halogens is 2. The molecular weight excluding hydrogens is 427 g/mol. The summed E-state index contributed by atoms with van der Waals surface area (Å²) in [5.41, 5.74) is 0.766. The molecule has 0 spiro atoms. The lowest BCUT2D eigenvalue weighted by molar-refractivity contribution is -0.116. The molecule has 0 bridgehead atoms. The first-order valence-electron chi connectivity index (χ1n) is 7.98. The zero-order chi connectivity index (χ0) is 21.1. The second-order valence-electron chi connectivity index (χ2n) is 5.89. The zero-order valence-corrected chi connectivity index (χ0v) is 17.6. The maximum Gasteiger partial charge on any atom is 0.337 e. The molecule has 0 aliphatic carbocycles. The van der Waals surface area contributed by atoms with Gasteiger partial charge in [0.1, 0.15) is 6.04 Å². The van der Waals surface area contributed by atoms with Gasteiger partial charge < -0.3 is 10.1 Å². The molecular formula is C18H18Cl2N2O5S. The van der Waals surface area contributed by atoms with Crippen molar-refractivity contribution >= 4 is 56.5 Å². The Morgan fingerprint density at radius 1 is 1.11 bits per heavy atom. The second-order valence-corrected chi connectivity index (χ2v) is 8.57. The highest BCUT2D eigenvalue weighted by Gasteiger charge is 2.29. The summed E-state index contributed by atoms with van der Waals surface area (Å²) in [5, 5.41) is 3.02. The SMILES string of the molecule is COC(=O)c1cccc(NC(=O)[C@@H](C)N(c2ccc(Cl)c(Cl)c2)S(C)(=O)=O)c1. The summed E-state index contributed by atoms with van der Waals surface area (Å²) in [4.78, 5) is 24.3. The maximum absolute atomic E-state index is 12.7.